The van der Waals surface area contributed by atoms with E-state index >= 15 is 0 Å². The molecular weight excluding hydrogens is 250 g/mol. The second kappa shape index (κ2) is 5.19. The monoisotopic (exact) mass is 267 g/mol. The number of halogens is 1. The standard InChI is InChI=1S/C14H18ClNO2/c1-4-9(2)7-11(15)10-5-6-12-13(8-10)18-14(17)16(12)3/h5-6,8-9,11H,4,7H2,1-3H3. The Morgan fingerprint density at radius 2 is 2.17 bits per heavy atom. The molecule has 1 heterocycles. The van der Waals surface area contributed by atoms with E-state index in [1.54, 1.807) is 7.05 Å². The second-order valence-corrected chi connectivity index (χ2v) is 5.40. The Kier molecular flexibility index (Phi) is 3.81. The number of alkyl halides is 1. The first kappa shape index (κ1) is 13.2. The summed E-state index contributed by atoms with van der Waals surface area (Å²) in [4.78, 5) is 11.4. The van der Waals surface area contributed by atoms with Crippen LogP contribution in [0.25, 0.3) is 11.1 Å². The maximum atomic E-state index is 11.4. The van der Waals surface area contributed by atoms with E-state index in [9.17, 15) is 4.79 Å². The van der Waals surface area contributed by atoms with E-state index in [1.165, 1.54) is 4.57 Å². The maximum absolute atomic E-state index is 11.4. The van der Waals surface area contributed by atoms with Gasteiger partial charge in [-0.15, -0.1) is 11.6 Å². The van der Waals surface area contributed by atoms with Gasteiger partial charge in [0.2, 0.25) is 0 Å². The Morgan fingerprint density at radius 1 is 1.44 bits per heavy atom. The first-order chi connectivity index (χ1) is 8.52. The van der Waals surface area contributed by atoms with Gasteiger partial charge < -0.3 is 4.42 Å². The lowest BCUT2D eigenvalue weighted by molar-refractivity contribution is 0.507. The van der Waals surface area contributed by atoms with Gasteiger partial charge in [-0.3, -0.25) is 4.57 Å². The normalized spacial score (nSPS) is 14.9. The predicted molar refractivity (Wildman–Crippen MR) is 74.1 cm³/mol. The largest absolute Gasteiger partial charge is 0.419 e. The summed E-state index contributed by atoms with van der Waals surface area (Å²) in [5.74, 6) is 0.251. The average molecular weight is 268 g/mol. The SMILES string of the molecule is CCC(C)CC(Cl)c1ccc2c(c1)oc(=O)n2C. The van der Waals surface area contributed by atoms with Crippen LogP contribution < -0.4 is 5.76 Å². The molecule has 4 heteroatoms. The lowest BCUT2D eigenvalue weighted by atomic mass is 9.98. The van der Waals surface area contributed by atoms with Gasteiger partial charge >= 0.3 is 5.76 Å². The zero-order valence-corrected chi connectivity index (χ0v) is 11.7. The lowest BCUT2D eigenvalue weighted by Gasteiger charge is -2.14. The minimum Gasteiger partial charge on any atom is -0.408 e. The zero-order valence-electron chi connectivity index (χ0n) is 10.9. The third kappa shape index (κ3) is 2.46. The summed E-state index contributed by atoms with van der Waals surface area (Å²) in [6, 6.07) is 5.73. The van der Waals surface area contributed by atoms with Crippen LogP contribution in [0, 0.1) is 5.92 Å². The summed E-state index contributed by atoms with van der Waals surface area (Å²) in [5.41, 5.74) is 2.42. The molecule has 2 atom stereocenters. The number of hydrogen-bond acceptors (Lipinski definition) is 2. The first-order valence-corrected chi connectivity index (χ1v) is 6.70. The molecule has 1 aromatic heterocycles. The number of fused-ring (bicyclic) bond motifs is 1. The molecule has 2 rings (SSSR count). The van der Waals surface area contributed by atoms with Crippen molar-refractivity contribution in [2.45, 2.75) is 32.1 Å². The fourth-order valence-corrected chi connectivity index (χ4v) is 2.44. The van der Waals surface area contributed by atoms with E-state index < -0.39 is 0 Å². The highest BCUT2D eigenvalue weighted by Gasteiger charge is 2.14. The number of rotatable bonds is 4. The molecule has 0 spiro atoms. The summed E-state index contributed by atoms with van der Waals surface area (Å²) in [7, 11) is 1.70. The van der Waals surface area contributed by atoms with Crippen LogP contribution in [-0.2, 0) is 7.05 Å². The molecule has 0 radical (unpaired) electrons. The topological polar surface area (TPSA) is 35.1 Å². The molecule has 2 aromatic rings. The molecule has 3 nitrogen and oxygen atoms in total. The highest BCUT2D eigenvalue weighted by Crippen LogP contribution is 2.30. The molecular formula is C14H18ClNO2. The quantitative estimate of drug-likeness (QED) is 0.789. The molecule has 0 amide bonds. The van der Waals surface area contributed by atoms with Gasteiger partial charge in [0.05, 0.1) is 10.9 Å². The van der Waals surface area contributed by atoms with E-state index in [-0.39, 0.29) is 11.1 Å². The highest BCUT2D eigenvalue weighted by atomic mass is 35.5. The first-order valence-electron chi connectivity index (χ1n) is 6.26. The summed E-state index contributed by atoms with van der Waals surface area (Å²) >= 11 is 6.40. The number of oxazole rings is 1. The van der Waals surface area contributed by atoms with Crippen LogP contribution in [0.15, 0.2) is 27.4 Å². The molecule has 0 saturated carbocycles. The number of hydrogen-bond donors (Lipinski definition) is 0. The van der Waals surface area contributed by atoms with E-state index in [1.807, 2.05) is 18.2 Å². The van der Waals surface area contributed by atoms with Crippen molar-refractivity contribution in [1.29, 1.82) is 0 Å². The van der Waals surface area contributed by atoms with Gasteiger partial charge in [0.1, 0.15) is 0 Å². The molecule has 0 aliphatic carbocycles. The molecule has 0 bridgehead atoms. The Bertz CT molecular complexity index is 599. The summed E-state index contributed by atoms with van der Waals surface area (Å²) in [6.07, 6.45) is 2.05. The Labute approximate surface area is 111 Å². The van der Waals surface area contributed by atoms with Gasteiger partial charge in [-0.05, 0) is 30.0 Å². The van der Waals surface area contributed by atoms with Crippen molar-refractivity contribution >= 4 is 22.7 Å². The Balaban J connectivity index is 2.32. The fourth-order valence-electron chi connectivity index (χ4n) is 2.00. The summed E-state index contributed by atoms with van der Waals surface area (Å²) < 4.78 is 6.67. The highest BCUT2D eigenvalue weighted by molar-refractivity contribution is 6.20. The zero-order chi connectivity index (χ0) is 13.3. The second-order valence-electron chi connectivity index (χ2n) is 4.87. The van der Waals surface area contributed by atoms with Crippen molar-refractivity contribution in [2.24, 2.45) is 13.0 Å². The van der Waals surface area contributed by atoms with Gasteiger partial charge in [0.15, 0.2) is 5.58 Å². The third-order valence-electron chi connectivity index (χ3n) is 3.48. The van der Waals surface area contributed by atoms with Crippen molar-refractivity contribution in [3.8, 4) is 0 Å². The smallest absolute Gasteiger partial charge is 0.408 e. The molecule has 0 N–H and O–H groups in total. The molecule has 0 aliphatic heterocycles. The molecule has 0 aliphatic rings. The average Bonchev–Trinajstić information content (AvgIpc) is 2.64. The fraction of sp³-hybridized carbons (Fsp3) is 0.500. The van der Waals surface area contributed by atoms with Crippen molar-refractivity contribution in [3.63, 3.8) is 0 Å². The predicted octanol–water partition coefficient (Wildman–Crippen LogP) is 3.85. The van der Waals surface area contributed by atoms with Gasteiger partial charge in [0, 0.05) is 7.05 Å². The van der Waals surface area contributed by atoms with Gasteiger partial charge in [0.25, 0.3) is 0 Å². The Morgan fingerprint density at radius 3 is 2.83 bits per heavy atom. The van der Waals surface area contributed by atoms with Crippen LogP contribution >= 0.6 is 11.6 Å². The van der Waals surface area contributed by atoms with Crippen molar-refractivity contribution in [2.75, 3.05) is 0 Å². The van der Waals surface area contributed by atoms with Crippen LogP contribution in [-0.4, -0.2) is 4.57 Å². The van der Waals surface area contributed by atoms with Gasteiger partial charge in [-0.25, -0.2) is 4.79 Å². The van der Waals surface area contributed by atoms with Crippen molar-refractivity contribution in [1.82, 2.24) is 4.57 Å². The maximum Gasteiger partial charge on any atom is 0.419 e. The minimum absolute atomic E-state index is 0.0325. The number of aromatic nitrogens is 1. The van der Waals surface area contributed by atoms with Gasteiger partial charge in [-0.1, -0.05) is 26.3 Å². The molecule has 0 saturated heterocycles. The molecule has 98 valence electrons. The van der Waals surface area contributed by atoms with Crippen LogP contribution in [0.2, 0.25) is 0 Å². The third-order valence-corrected chi connectivity index (χ3v) is 3.91. The van der Waals surface area contributed by atoms with Crippen LogP contribution in [0.5, 0.6) is 0 Å². The van der Waals surface area contributed by atoms with Crippen molar-refractivity contribution < 1.29 is 4.42 Å². The molecule has 0 fully saturated rings. The van der Waals surface area contributed by atoms with Crippen LogP contribution in [0.3, 0.4) is 0 Å². The van der Waals surface area contributed by atoms with Crippen LogP contribution in [0.1, 0.15) is 37.6 Å². The van der Waals surface area contributed by atoms with E-state index in [4.69, 9.17) is 16.0 Å². The molecule has 18 heavy (non-hydrogen) atoms. The number of nitrogens with zero attached hydrogens (tertiary/aromatic N) is 1. The van der Waals surface area contributed by atoms with E-state index in [2.05, 4.69) is 13.8 Å². The van der Waals surface area contributed by atoms with Gasteiger partial charge in [-0.2, -0.15) is 0 Å². The Hall–Kier alpha value is -1.22. The number of aryl methyl sites for hydroxylation is 1. The van der Waals surface area contributed by atoms with E-state index in [0.29, 0.717) is 11.5 Å². The van der Waals surface area contributed by atoms with E-state index in [0.717, 1.165) is 23.9 Å². The molecule has 2 unspecified atom stereocenters. The van der Waals surface area contributed by atoms with Crippen molar-refractivity contribution in [3.05, 3.63) is 34.3 Å². The summed E-state index contributed by atoms with van der Waals surface area (Å²) in [5, 5.41) is -0.0325. The minimum atomic E-state index is -0.338. The summed E-state index contributed by atoms with van der Waals surface area (Å²) in [6.45, 7) is 4.35. The lowest BCUT2D eigenvalue weighted by Crippen LogP contribution is -2.08. The molecule has 1 aromatic carbocycles. The number of benzene rings is 1. The van der Waals surface area contributed by atoms with Crippen LogP contribution in [0.4, 0.5) is 0 Å².